The van der Waals surface area contributed by atoms with Gasteiger partial charge in [-0.3, -0.25) is 4.79 Å². The third-order valence-electron chi connectivity index (χ3n) is 2.81. The lowest BCUT2D eigenvalue weighted by molar-refractivity contribution is 0.415. The average Bonchev–Trinajstić information content (AvgIpc) is 2.38. The third kappa shape index (κ3) is 2.42. The number of aromatic nitrogens is 2. The largest absolute Gasteiger partial charge is 0.497 e. The molecule has 2 aromatic rings. The molecule has 1 N–H and O–H groups in total. The molecule has 0 radical (unpaired) electrons. The Morgan fingerprint density at radius 3 is 2.39 bits per heavy atom. The van der Waals surface area contributed by atoms with Crippen molar-refractivity contribution in [1.82, 2.24) is 9.97 Å². The van der Waals surface area contributed by atoms with E-state index in [-0.39, 0.29) is 11.5 Å². The van der Waals surface area contributed by atoms with E-state index in [4.69, 9.17) is 4.74 Å². The van der Waals surface area contributed by atoms with Gasteiger partial charge in [0.1, 0.15) is 11.6 Å². The topological polar surface area (TPSA) is 55.0 Å². The van der Waals surface area contributed by atoms with E-state index >= 15 is 0 Å². The van der Waals surface area contributed by atoms with Gasteiger partial charge in [-0.15, -0.1) is 0 Å². The Morgan fingerprint density at radius 2 is 1.89 bits per heavy atom. The Hall–Kier alpha value is -2.10. The molecule has 4 heteroatoms. The molecule has 1 aromatic carbocycles. The molecule has 0 amide bonds. The second-order valence-corrected chi connectivity index (χ2v) is 4.40. The second kappa shape index (κ2) is 5.04. The molecule has 4 nitrogen and oxygen atoms in total. The number of rotatable bonds is 3. The van der Waals surface area contributed by atoms with Gasteiger partial charge in [0.15, 0.2) is 0 Å². The van der Waals surface area contributed by atoms with Crippen molar-refractivity contribution in [2.24, 2.45) is 0 Å². The first kappa shape index (κ1) is 12.4. The van der Waals surface area contributed by atoms with Gasteiger partial charge in [-0.1, -0.05) is 13.8 Å². The Labute approximate surface area is 106 Å². The highest BCUT2D eigenvalue weighted by Gasteiger charge is 2.07. The minimum absolute atomic E-state index is 0.0779. The number of hydrogen-bond acceptors (Lipinski definition) is 3. The van der Waals surface area contributed by atoms with Crippen LogP contribution in [0.1, 0.15) is 25.3 Å². The smallest absolute Gasteiger partial charge is 0.254 e. The van der Waals surface area contributed by atoms with Gasteiger partial charge in [0.05, 0.1) is 7.11 Å². The molecule has 1 aromatic heterocycles. The van der Waals surface area contributed by atoms with E-state index in [0.717, 1.165) is 11.3 Å². The van der Waals surface area contributed by atoms with Gasteiger partial charge in [0, 0.05) is 17.3 Å². The van der Waals surface area contributed by atoms with Crippen molar-refractivity contribution in [2.75, 3.05) is 7.11 Å². The highest BCUT2D eigenvalue weighted by molar-refractivity contribution is 5.55. The fourth-order valence-corrected chi connectivity index (χ4v) is 1.71. The first-order valence-electron chi connectivity index (χ1n) is 5.85. The molecule has 1 heterocycles. The van der Waals surface area contributed by atoms with Crippen LogP contribution in [0.15, 0.2) is 35.3 Å². The summed E-state index contributed by atoms with van der Waals surface area (Å²) in [7, 11) is 1.62. The Morgan fingerprint density at radius 1 is 1.22 bits per heavy atom. The minimum Gasteiger partial charge on any atom is -0.497 e. The molecule has 18 heavy (non-hydrogen) atoms. The summed E-state index contributed by atoms with van der Waals surface area (Å²) in [5, 5.41) is 0. The highest BCUT2D eigenvalue weighted by Crippen LogP contribution is 2.18. The lowest BCUT2D eigenvalue weighted by Gasteiger charge is -2.06. The lowest BCUT2D eigenvalue weighted by Crippen LogP contribution is -2.15. The van der Waals surface area contributed by atoms with Crippen LogP contribution in [0.4, 0.5) is 0 Å². The van der Waals surface area contributed by atoms with Crippen LogP contribution in [0.25, 0.3) is 11.4 Å². The van der Waals surface area contributed by atoms with Crippen LogP contribution < -0.4 is 10.3 Å². The lowest BCUT2D eigenvalue weighted by atomic mass is 10.1. The molecule has 0 atom stereocenters. The molecule has 0 spiro atoms. The number of H-pyrrole nitrogens is 1. The molecule has 0 fully saturated rings. The van der Waals surface area contributed by atoms with Gasteiger partial charge in [0.25, 0.3) is 5.56 Å². The normalized spacial score (nSPS) is 10.7. The van der Waals surface area contributed by atoms with E-state index in [1.54, 1.807) is 13.3 Å². The summed E-state index contributed by atoms with van der Waals surface area (Å²) in [6.45, 7) is 3.94. The van der Waals surface area contributed by atoms with Crippen LogP contribution in [0, 0.1) is 0 Å². The Balaban J connectivity index is 2.39. The van der Waals surface area contributed by atoms with Crippen LogP contribution in [-0.4, -0.2) is 17.1 Å². The predicted molar refractivity (Wildman–Crippen MR) is 70.9 cm³/mol. The van der Waals surface area contributed by atoms with Gasteiger partial charge in [-0.05, 0) is 30.2 Å². The van der Waals surface area contributed by atoms with Gasteiger partial charge < -0.3 is 9.72 Å². The molecule has 0 unspecified atom stereocenters. The number of hydrogen-bond donors (Lipinski definition) is 1. The van der Waals surface area contributed by atoms with E-state index in [0.29, 0.717) is 11.4 Å². The monoisotopic (exact) mass is 244 g/mol. The number of nitrogens with zero attached hydrogens (tertiary/aromatic N) is 1. The van der Waals surface area contributed by atoms with E-state index < -0.39 is 0 Å². The van der Waals surface area contributed by atoms with Gasteiger partial charge in [-0.25, -0.2) is 4.98 Å². The molecule has 0 aliphatic rings. The molecular weight excluding hydrogens is 228 g/mol. The maximum absolute atomic E-state index is 11.9. The minimum atomic E-state index is -0.0779. The summed E-state index contributed by atoms with van der Waals surface area (Å²) < 4.78 is 5.09. The maximum atomic E-state index is 11.9. The molecule has 0 saturated heterocycles. The summed E-state index contributed by atoms with van der Waals surface area (Å²) in [5.41, 5.74) is 1.49. The van der Waals surface area contributed by atoms with Crippen molar-refractivity contribution < 1.29 is 4.74 Å². The van der Waals surface area contributed by atoms with Crippen molar-refractivity contribution in [3.05, 3.63) is 46.4 Å². The van der Waals surface area contributed by atoms with Gasteiger partial charge >= 0.3 is 0 Å². The Bertz CT molecular complexity index is 585. The number of ether oxygens (including phenoxy) is 1. The summed E-state index contributed by atoms with van der Waals surface area (Å²) >= 11 is 0. The molecule has 0 aliphatic carbocycles. The standard InChI is InChI=1S/C14H16N2O2/c1-9(2)12-8-15-13(16-14(12)17)10-4-6-11(18-3)7-5-10/h4-9H,1-3H3,(H,15,16,17). The van der Waals surface area contributed by atoms with Crippen LogP contribution in [-0.2, 0) is 0 Å². The zero-order chi connectivity index (χ0) is 13.1. The number of nitrogens with one attached hydrogen (secondary N) is 1. The number of methoxy groups -OCH3 is 1. The molecule has 0 saturated carbocycles. The molecular formula is C14H16N2O2. The Kier molecular flexibility index (Phi) is 3.46. The first-order chi connectivity index (χ1) is 8.61. The zero-order valence-corrected chi connectivity index (χ0v) is 10.7. The average molecular weight is 244 g/mol. The molecule has 0 bridgehead atoms. The van der Waals surface area contributed by atoms with E-state index in [1.807, 2.05) is 38.1 Å². The summed E-state index contributed by atoms with van der Waals surface area (Å²) in [4.78, 5) is 19.0. The quantitative estimate of drug-likeness (QED) is 0.902. The zero-order valence-electron chi connectivity index (χ0n) is 10.7. The van der Waals surface area contributed by atoms with Crippen molar-refractivity contribution >= 4 is 0 Å². The van der Waals surface area contributed by atoms with Crippen molar-refractivity contribution in [3.8, 4) is 17.1 Å². The van der Waals surface area contributed by atoms with Crippen LogP contribution in [0.5, 0.6) is 5.75 Å². The third-order valence-corrected chi connectivity index (χ3v) is 2.81. The highest BCUT2D eigenvalue weighted by atomic mass is 16.5. The predicted octanol–water partition coefficient (Wildman–Crippen LogP) is 2.57. The number of benzene rings is 1. The van der Waals surface area contributed by atoms with Gasteiger partial charge in [-0.2, -0.15) is 0 Å². The molecule has 94 valence electrons. The van der Waals surface area contributed by atoms with Crippen molar-refractivity contribution in [2.45, 2.75) is 19.8 Å². The van der Waals surface area contributed by atoms with Crippen molar-refractivity contribution in [1.29, 1.82) is 0 Å². The van der Waals surface area contributed by atoms with E-state index in [1.165, 1.54) is 0 Å². The SMILES string of the molecule is COc1ccc(-c2ncc(C(C)C)c(=O)[nH]2)cc1. The molecule has 0 aliphatic heterocycles. The van der Waals surface area contributed by atoms with Gasteiger partial charge in [0.2, 0.25) is 0 Å². The summed E-state index contributed by atoms with van der Waals surface area (Å²) in [5.74, 6) is 1.53. The first-order valence-corrected chi connectivity index (χ1v) is 5.85. The molecule has 2 rings (SSSR count). The number of aromatic amines is 1. The second-order valence-electron chi connectivity index (χ2n) is 4.40. The van der Waals surface area contributed by atoms with E-state index in [2.05, 4.69) is 9.97 Å². The fraction of sp³-hybridized carbons (Fsp3) is 0.286. The maximum Gasteiger partial charge on any atom is 0.254 e. The van der Waals surface area contributed by atoms with Crippen LogP contribution in [0.2, 0.25) is 0 Å². The van der Waals surface area contributed by atoms with Crippen LogP contribution >= 0.6 is 0 Å². The van der Waals surface area contributed by atoms with E-state index in [9.17, 15) is 4.79 Å². The fourth-order valence-electron chi connectivity index (χ4n) is 1.71. The van der Waals surface area contributed by atoms with Crippen molar-refractivity contribution in [3.63, 3.8) is 0 Å². The summed E-state index contributed by atoms with van der Waals surface area (Å²) in [6, 6.07) is 7.41. The van der Waals surface area contributed by atoms with Crippen LogP contribution in [0.3, 0.4) is 0 Å². The summed E-state index contributed by atoms with van der Waals surface area (Å²) in [6.07, 6.45) is 1.64.